The SMILES string of the molecule is O=C(O)c1cc(F)c2nc(CN3CCc4cc(C(F)(F)F)c(OCc5ccc(F)cc5F)nc4C3)n(C[C@@H]3CCO3)c2c1. The van der Waals surface area contributed by atoms with Gasteiger partial charge in [-0.25, -0.2) is 27.9 Å². The summed E-state index contributed by atoms with van der Waals surface area (Å²) < 4.78 is 96.5. The maximum absolute atomic E-state index is 14.9. The molecule has 1 atom stereocenters. The first kappa shape index (κ1) is 28.9. The summed E-state index contributed by atoms with van der Waals surface area (Å²) in [5, 5.41) is 9.43. The van der Waals surface area contributed by atoms with Crippen LogP contribution in [0.2, 0.25) is 0 Å². The van der Waals surface area contributed by atoms with Crippen molar-refractivity contribution >= 4 is 17.0 Å². The van der Waals surface area contributed by atoms with E-state index >= 15 is 0 Å². The molecule has 4 heterocycles. The Kier molecular flexibility index (Phi) is 7.50. The number of aromatic carboxylic acids is 1. The van der Waals surface area contributed by atoms with Crippen molar-refractivity contribution in [2.75, 3.05) is 13.2 Å². The van der Waals surface area contributed by atoms with Crippen molar-refractivity contribution in [3.8, 4) is 5.88 Å². The molecule has 2 aromatic carbocycles. The highest BCUT2D eigenvalue weighted by molar-refractivity contribution is 5.92. The maximum atomic E-state index is 14.9. The van der Waals surface area contributed by atoms with Crippen LogP contribution in [0, 0.1) is 17.5 Å². The smallest absolute Gasteiger partial charge is 0.421 e. The Hall–Kier alpha value is -4.17. The third-order valence-electron chi connectivity index (χ3n) is 7.59. The van der Waals surface area contributed by atoms with Crippen LogP contribution in [0.5, 0.6) is 5.88 Å². The molecule has 1 N–H and O–H groups in total. The van der Waals surface area contributed by atoms with Crippen LogP contribution < -0.4 is 4.74 Å². The first-order valence-corrected chi connectivity index (χ1v) is 13.4. The van der Waals surface area contributed by atoms with Crippen LogP contribution >= 0.6 is 0 Å². The monoisotopic (exact) mass is 606 g/mol. The summed E-state index contributed by atoms with van der Waals surface area (Å²) in [5.41, 5.74) is -0.463. The van der Waals surface area contributed by atoms with E-state index in [0.29, 0.717) is 48.4 Å². The quantitative estimate of drug-likeness (QED) is 0.266. The van der Waals surface area contributed by atoms with Gasteiger partial charge in [0.2, 0.25) is 5.88 Å². The van der Waals surface area contributed by atoms with Gasteiger partial charge in [0, 0.05) is 31.3 Å². The van der Waals surface area contributed by atoms with Crippen LogP contribution in [0.25, 0.3) is 11.0 Å². The number of nitrogens with zero attached hydrogens (tertiary/aromatic N) is 4. The van der Waals surface area contributed by atoms with Crippen LogP contribution in [0.4, 0.5) is 26.3 Å². The lowest BCUT2D eigenvalue weighted by atomic mass is 10.0. The van der Waals surface area contributed by atoms with Crippen molar-refractivity contribution in [3.63, 3.8) is 0 Å². The Morgan fingerprint density at radius 1 is 1.09 bits per heavy atom. The number of aromatic nitrogens is 3. The first-order chi connectivity index (χ1) is 20.5. The molecule has 2 aromatic heterocycles. The van der Waals surface area contributed by atoms with Crippen LogP contribution in [-0.2, 0) is 43.6 Å². The number of imidazole rings is 1. The van der Waals surface area contributed by atoms with Crippen LogP contribution in [-0.4, -0.2) is 49.8 Å². The largest absolute Gasteiger partial charge is 0.478 e. The number of alkyl halides is 3. The summed E-state index contributed by atoms with van der Waals surface area (Å²) in [5.74, 6) is -4.15. The average molecular weight is 607 g/mol. The summed E-state index contributed by atoms with van der Waals surface area (Å²) in [6.07, 6.45) is -3.94. The molecule has 226 valence electrons. The molecule has 2 aliphatic rings. The molecular formula is C29H24F6N4O4. The molecule has 2 aliphatic heterocycles. The standard InChI is InChI=1S/C29H24F6N4O4/c30-18-2-1-16(21(31)10-18)14-43-27-20(29(33,34)35)7-15-3-5-38(12-23(15)36-27)13-25-37-26-22(32)8-17(28(40)41)9-24(26)39(25)11-19-4-6-42-19/h1-2,7-10,19H,3-6,11-14H2,(H,40,41)/t19-/m0/s1. The minimum atomic E-state index is -4.79. The van der Waals surface area contributed by atoms with E-state index in [9.17, 15) is 36.2 Å². The number of rotatable bonds is 8. The van der Waals surface area contributed by atoms with E-state index in [1.165, 1.54) is 6.07 Å². The predicted octanol–water partition coefficient (Wildman–Crippen LogP) is 5.49. The molecule has 1 saturated heterocycles. The van der Waals surface area contributed by atoms with Crippen molar-refractivity contribution < 1.29 is 45.7 Å². The first-order valence-electron chi connectivity index (χ1n) is 13.4. The van der Waals surface area contributed by atoms with Gasteiger partial charge in [0.25, 0.3) is 0 Å². The molecule has 43 heavy (non-hydrogen) atoms. The molecule has 0 radical (unpaired) electrons. The van der Waals surface area contributed by atoms with Crippen molar-refractivity contribution in [3.05, 3.63) is 87.6 Å². The molecule has 0 bridgehead atoms. The summed E-state index contributed by atoms with van der Waals surface area (Å²) in [6.45, 7) is 0.932. The highest BCUT2D eigenvalue weighted by Gasteiger charge is 2.37. The number of carbonyl (C=O) groups is 1. The molecule has 6 rings (SSSR count). The number of pyridine rings is 1. The lowest BCUT2D eigenvalue weighted by Crippen LogP contribution is -2.34. The van der Waals surface area contributed by atoms with Gasteiger partial charge < -0.3 is 19.1 Å². The van der Waals surface area contributed by atoms with E-state index in [1.54, 1.807) is 4.57 Å². The number of carboxylic acids is 1. The summed E-state index contributed by atoms with van der Waals surface area (Å²) in [7, 11) is 0. The molecule has 0 amide bonds. The van der Waals surface area contributed by atoms with Crippen molar-refractivity contribution in [2.24, 2.45) is 0 Å². The fourth-order valence-electron chi connectivity index (χ4n) is 5.24. The second-order valence-electron chi connectivity index (χ2n) is 10.5. The van der Waals surface area contributed by atoms with Gasteiger partial charge in [-0.15, -0.1) is 0 Å². The second-order valence-corrected chi connectivity index (χ2v) is 10.5. The van der Waals surface area contributed by atoms with Gasteiger partial charge >= 0.3 is 12.1 Å². The van der Waals surface area contributed by atoms with Crippen molar-refractivity contribution in [2.45, 2.75) is 51.4 Å². The Labute approximate surface area is 240 Å². The summed E-state index contributed by atoms with van der Waals surface area (Å²) in [4.78, 5) is 22.1. The minimum absolute atomic E-state index is 0.00777. The molecule has 1 fully saturated rings. The molecule has 14 heteroatoms. The number of ether oxygens (including phenoxy) is 2. The number of benzene rings is 2. The van der Waals surface area contributed by atoms with Gasteiger partial charge in [-0.05, 0) is 48.7 Å². The van der Waals surface area contributed by atoms with Gasteiger partial charge in [0.1, 0.15) is 35.1 Å². The van der Waals surface area contributed by atoms with E-state index in [2.05, 4.69) is 9.97 Å². The molecule has 0 unspecified atom stereocenters. The Balaban J connectivity index is 1.29. The summed E-state index contributed by atoms with van der Waals surface area (Å²) >= 11 is 0. The van der Waals surface area contributed by atoms with Crippen molar-refractivity contribution in [1.29, 1.82) is 0 Å². The molecule has 0 spiro atoms. The molecule has 4 aromatic rings. The second kappa shape index (κ2) is 11.2. The van der Waals surface area contributed by atoms with E-state index in [0.717, 1.165) is 30.7 Å². The zero-order valence-electron chi connectivity index (χ0n) is 22.4. The van der Waals surface area contributed by atoms with E-state index in [4.69, 9.17) is 9.47 Å². The van der Waals surface area contributed by atoms with Gasteiger partial charge in [-0.3, -0.25) is 4.90 Å². The lowest BCUT2D eigenvalue weighted by molar-refractivity contribution is -0.139. The Morgan fingerprint density at radius 2 is 1.88 bits per heavy atom. The predicted molar refractivity (Wildman–Crippen MR) is 139 cm³/mol. The maximum Gasteiger partial charge on any atom is 0.421 e. The number of fused-ring (bicyclic) bond motifs is 2. The van der Waals surface area contributed by atoms with Crippen LogP contribution in [0.1, 0.15) is 45.0 Å². The normalized spacial score (nSPS) is 17.1. The lowest BCUT2D eigenvalue weighted by Gasteiger charge is -2.30. The Bertz CT molecular complexity index is 1720. The third kappa shape index (κ3) is 5.89. The average Bonchev–Trinajstić information content (AvgIpc) is 3.26. The highest BCUT2D eigenvalue weighted by atomic mass is 19.4. The number of carboxylic acid groups (broad SMARTS) is 1. The van der Waals surface area contributed by atoms with Gasteiger partial charge in [-0.1, -0.05) is 0 Å². The van der Waals surface area contributed by atoms with Crippen LogP contribution in [0.15, 0.2) is 36.4 Å². The third-order valence-corrected chi connectivity index (χ3v) is 7.59. The molecule has 0 saturated carbocycles. The van der Waals surface area contributed by atoms with E-state index in [1.807, 2.05) is 4.90 Å². The van der Waals surface area contributed by atoms with Gasteiger partial charge in [0.15, 0.2) is 5.82 Å². The zero-order chi connectivity index (χ0) is 30.5. The number of hydrogen-bond donors (Lipinski definition) is 1. The number of hydrogen-bond acceptors (Lipinski definition) is 6. The fourth-order valence-corrected chi connectivity index (χ4v) is 5.24. The summed E-state index contributed by atoms with van der Waals surface area (Å²) in [6, 6.07) is 5.91. The van der Waals surface area contributed by atoms with E-state index < -0.39 is 47.6 Å². The van der Waals surface area contributed by atoms with Gasteiger partial charge in [-0.2, -0.15) is 13.2 Å². The minimum Gasteiger partial charge on any atom is -0.478 e. The molecule has 0 aliphatic carbocycles. The highest BCUT2D eigenvalue weighted by Crippen LogP contribution is 2.38. The van der Waals surface area contributed by atoms with Crippen LogP contribution in [0.3, 0.4) is 0 Å². The molecule has 8 nitrogen and oxygen atoms in total. The van der Waals surface area contributed by atoms with Gasteiger partial charge in [0.05, 0.1) is 36.0 Å². The van der Waals surface area contributed by atoms with Crippen molar-refractivity contribution in [1.82, 2.24) is 19.4 Å². The Morgan fingerprint density at radius 3 is 2.56 bits per heavy atom. The topological polar surface area (TPSA) is 89.7 Å². The zero-order valence-corrected chi connectivity index (χ0v) is 22.4. The number of halogens is 6. The molecular weight excluding hydrogens is 582 g/mol. The van der Waals surface area contributed by atoms with E-state index in [-0.39, 0.29) is 42.3 Å². The fraction of sp³-hybridized carbons (Fsp3) is 0.345.